The van der Waals surface area contributed by atoms with E-state index in [9.17, 15) is 8.42 Å². The molecule has 1 rings (SSSR count). The molecule has 0 radical (unpaired) electrons. The first kappa shape index (κ1) is 14.0. The van der Waals surface area contributed by atoms with Crippen LogP contribution in [0.2, 0.25) is 0 Å². The average molecular weight is 282 g/mol. The lowest BCUT2D eigenvalue weighted by molar-refractivity contribution is 0.578. The van der Waals surface area contributed by atoms with Crippen LogP contribution in [0.25, 0.3) is 0 Å². The first-order chi connectivity index (χ1) is 7.64. The molecular formula is C10H16ClNO2S2. The van der Waals surface area contributed by atoms with Crippen LogP contribution in [0.1, 0.15) is 17.7 Å². The summed E-state index contributed by atoms with van der Waals surface area (Å²) in [6.07, 6.45) is 2.12. The van der Waals surface area contributed by atoms with Crippen LogP contribution in [0.3, 0.4) is 0 Å². The Hall–Kier alpha value is -0.100. The van der Waals surface area contributed by atoms with E-state index in [2.05, 4.69) is 4.72 Å². The van der Waals surface area contributed by atoms with Gasteiger partial charge in [0.1, 0.15) is 0 Å². The topological polar surface area (TPSA) is 46.2 Å². The number of nitrogens with one attached hydrogen (secondary N) is 1. The minimum Gasteiger partial charge on any atom is -0.215 e. The highest BCUT2D eigenvalue weighted by Gasteiger charge is 2.08. The van der Waals surface area contributed by atoms with Crippen molar-refractivity contribution in [3.05, 3.63) is 22.4 Å². The summed E-state index contributed by atoms with van der Waals surface area (Å²) in [6, 6.07) is 3.97. The second-order valence-electron chi connectivity index (χ2n) is 3.44. The van der Waals surface area contributed by atoms with Crippen molar-refractivity contribution in [2.45, 2.75) is 19.3 Å². The number of rotatable bonds is 8. The third kappa shape index (κ3) is 5.84. The molecule has 3 nitrogen and oxygen atoms in total. The van der Waals surface area contributed by atoms with E-state index in [1.54, 1.807) is 11.3 Å². The van der Waals surface area contributed by atoms with Crippen LogP contribution in [0.4, 0.5) is 0 Å². The van der Waals surface area contributed by atoms with Gasteiger partial charge in [-0.1, -0.05) is 6.07 Å². The molecule has 1 N–H and O–H groups in total. The maximum absolute atomic E-state index is 11.5. The van der Waals surface area contributed by atoms with Crippen molar-refractivity contribution >= 4 is 33.0 Å². The van der Waals surface area contributed by atoms with Gasteiger partial charge in [-0.15, -0.1) is 22.9 Å². The number of unbranched alkanes of at least 4 members (excludes halogenated alkanes) is 1. The summed E-state index contributed by atoms with van der Waals surface area (Å²) in [5.41, 5.74) is 0. The first-order valence-electron chi connectivity index (χ1n) is 5.20. The smallest absolute Gasteiger partial charge is 0.211 e. The largest absolute Gasteiger partial charge is 0.215 e. The zero-order chi connectivity index (χ0) is 11.9. The predicted octanol–water partition coefficient (Wildman–Crippen LogP) is 2.23. The van der Waals surface area contributed by atoms with Crippen molar-refractivity contribution in [3.63, 3.8) is 0 Å². The summed E-state index contributed by atoms with van der Waals surface area (Å²) >= 11 is 7.13. The van der Waals surface area contributed by atoms with E-state index in [1.807, 2.05) is 17.5 Å². The first-order valence-corrected chi connectivity index (χ1v) is 8.26. The van der Waals surface area contributed by atoms with Gasteiger partial charge in [0.15, 0.2) is 0 Å². The molecule has 0 unspecified atom stereocenters. The maximum Gasteiger partial charge on any atom is 0.211 e. The van der Waals surface area contributed by atoms with E-state index in [4.69, 9.17) is 11.6 Å². The predicted molar refractivity (Wildman–Crippen MR) is 69.8 cm³/mol. The molecule has 0 spiro atoms. The Morgan fingerprint density at radius 2 is 2.19 bits per heavy atom. The van der Waals surface area contributed by atoms with Crippen LogP contribution < -0.4 is 4.72 Å². The Labute approximate surface area is 106 Å². The quantitative estimate of drug-likeness (QED) is 0.587. The van der Waals surface area contributed by atoms with Gasteiger partial charge < -0.3 is 0 Å². The lowest BCUT2D eigenvalue weighted by Crippen LogP contribution is -2.28. The zero-order valence-electron chi connectivity index (χ0n) is 8.99. The highest BCUT2D eigenvalue weighted by molar-refractivity contribution is 7.89. The van der Waals surface area contributed by atoms with Crippen molar-refractivity contribution in [1.82, 2.24) is 4.72 Å². The molecule has 0 aromatic carbocycles. The van der Waals surface area contributed by atoms with Crippen LogP contribution >= 0.6 is 22.9 Å². The standard InChI is InChI=1S/C10H16ClNO2S2/c11-6-1-2-9-16(13,14)12-7-5-10-4-3-8-15-10/h3-4,8,12H,1-2,5-7,9H2. The highest BCUT2D eigenvalue weighted by atomic mass is 35.5. The number of sulfonamides is 1. The fourth-order valence-corrected chi connectivity index (χ4v) is 3.28. The summed E-state index contributed by atoms with van der Waals surface area (Å²) in [7, 11) is -3.11. The Morgan fingerprint density at radius 3 is 2.81 bits per heavy atom. The normalized spacial score (nSPS) is 11.8. The molecule has 1 aromatic rings. The molecule has 92 valence electrons. The minimum atomic E-state index is -3.11. The Kier molecular flexibility index (Phi) is 6.34. The van der Waals surface area contributed by atoms with Gasteiger partial charge in [0.25, 0.3) is 0 Å². The summed E-state index contributed by atoms with van der Waals surface area (Å²) < 4.78 is 25.6. The Morgan fingerprint density at radius 1 is 1.38 bits per heavy atom. The van der Waals surface area contributed by atoms with E-state index < -0.39 is 10.0 Å². The van der Waals surface area contributed by atoms with E-state index in [0.29, 0.717) is 18.8 Å². The van der Waals surface area contributed by atoms with Gasteiger partial charge in [-0.2, -0.15) is 0 Å². The van der Waals surface area contributed by atoms with Crippen LogP contribution in [0.5, 0.6) is 0 Å². The third-order valence-electron chi connectivity index (χ3n) is 2.07. The van der Waals surface area contributed by atoms with Crippen molar-refractivity contribution in [3.8, 4) is 0 Å². The summed E-state index contributed by atoms with van der Waals surface area (Å²) in [5.74, 6) is 0.689. The number of halogens is 1. The Balaban J connectivity index is 2.20. The lowest BCUT2D eigenvalue weighted by Gasteiger charge is -2.05. The molecule has 0 aliphatic heterocycles. The summed E-state index contributed by atoms with van der Waals surface area (Å²) in [4.78, 5) is 1.20. The second-order valence-corrected chi connectivity index (χ2v) is 6.78. The third-order valence-corrected chi connectivity index (χ3v) is 4.74. The van der Waals surface area contributed by atoms with E-state index in [-0.39, 0.29) is 5.75 Å². The van der Waals surface area contributed by atoms with Gasteiger partial charge >= 0.3 is 0 Å². The molecule has 0 saturated heterocycles. The Bertz CT molecular complexity index is 376. The molecule has 0 aliphatic carbocycles. The molecular weight excluding hydrogens is 266 g/mol. The molecule has 1 aromatic heterocycles. The lowest BCUT2D eigenvalue weighted by atomic mass is 10.3. The number of thiophene rings is 1. The maximum atomic E-state index is 11.5. The van der Waals surface area contributed by atoms with Crippen LogP contribution in [0, 0.1) is 0 Å². The van der Waals surface area contributed by atoms with Crippen molar-refractivity contribution in [2.24, 2.45) is 0 Å². The van der Waals surface area contributed by atoms with Gasteiger partial charge in [-0.3, -0.25) is 0 Å². The van der Waals surface area contributed by atoms with E-state index in [1.165, 1.54) is 4.88 Å². The average Bonchev–Trinajstić information content (AvgIpc) is 2.70. The molecule has 0 bridgehead atoms. The fourth-order valence-electron chi connectivity index (χ4n) is 1.24. The molecule has 1 heterocycles. The fraction of sp³-hybridized carbons (Fsp3) is 0.600. The molecule has 0 saturated carbocycles. The van der Waals surface area contributed by atoms with Crippen molar-refractivity contribution < 1.29 is 8.42 Å². The molecule has 0 amide bonds. The molecule has 6 heteroatoms. The van der Waals surface area contributed by atoms with Crippen LogP contribution in [0.15, 0.2) is 17.5 Å². The number of alkyl halides is 1. The number of hydrogen-bond acceptors (Lipinski definition) is 3. The van der Waals surface area contributed by atoms with Gasteiger partial charge in [0, 0.05) is 17.3 Å². The zero-order valence-corrected chi connectivity index (χ0v) is 11.4. The van der Waals surface area contributed by atoms with Gasteiger partial charge in [-0.25, -0.2) is 13.1 Å². The SMILES string of the molecule is O=S(=O)(CCCCCl)NCCc1cccs1. The molecule has 0 atom stereocenters. The molecule has 0 aliphatic rings. The molecule has 16 heavy (non-hydrogen) atoms. The number of hydrogen-bond donors (Lipinski definition) is 1. The van der Waals surface area contributed by atoms with E-state index in [0.717, 1.165) is 12.8 Å². The minimum absolute atomic E-state index is 0.171. The van der Waals surface area contributed by atoms with Crippen molar-refractivity contribution in [1.29, 1.82) is 0 Å². The summed E-state index contributed by atoms with van der Waals surface area (Å²) in [6.45, 7) is 0.476. The van der Waals surface area contributed by atoms with Crippen LogP contribution in [-0.2, 0) is 16.4 Å². The van der Waals surface area contributed by atoms with Gasteiger partial charge in [-0.05, 0) is 30.7 Å². The van der Waals surface area contributed by atoms with Crippen LogP contribution in [-0.4, -0.2) is 26.6 Å². The van der Waals surface area contributed by atoms with Gasteiger partial charge in [0.05, 0.1) is 5.75 Å². The summed E-state index contributed by atoms with van der Waals surface area (Å²) in [5, 5.41) is 1.99. The monoisotopic (exact) mass is 281 g/mol. The highest BCUT2D eigenvalue weighted by Crippen LogP contribution is 2.08. The van der Waals surface area contributed by atoms with Crippen molar-refractivity contribution in [2.75, 3.05) is 18.2 Å². The van der Waals surface area contributed by atoms with Gasteiger partial charge in [0.2, 0.25) is 10.0 Å². The second kappa shape index (κ2) is 7.27. The molecule has 0 fully saturated rings. The van der Waals surface area contributed by atoms with E-state index >= 15 is 0 Å².